The molecule has 5 nitrogen and oxygen atoms in total. The Balaban J connectivity index is 2.26. The van der Waals surface area contributed by atoms with E-state index in [-0.39, 0.29) is 0 Å². The molecule has 1 aromatic carbocycles. The van der Waals surface area contributed by atoms with Gasteiger partial charge in [-0.15, -0.1) is 0 Å². The molecule has 1 aliphatic rings. The van der Waals surface area contributed by atoms with Crippen molar-refractivity contribution in [2.45, 2.75) is 24.7 Å². The molecule has 0 aromatic heterocycles. The Hall–Kier alpha value is -1.56. The highest BCUT2D eigenvalue weighted by Crippen LogP contribution is 2.35. The molecule has 0 saturated carbocycles. The number of carboxylic acids is 1. The molecule has 0 aliphatic carbocycles. The molecule has 1 fully saturated rings. The SMILES string of the molecule is CC1(C(=O)O)CCN(c2ccccc2S(C)(=O)=O)CC1. The van der Waals surface area contributed by atoms with Gasteiger partial charge in [0.15, 0.2) is 9.84 Å². The lowest BCUT2D eigenvalue weighted by Crippen LogP contribution is -2.43. The largest absolute Gasteiger partial charge is 0.481 e. The Labute approximate surface area is 119 Å². The van der Waals surface area contributed by atoms with Crippen LogP contribution in [0.3, 0.4) is 0 Å². The minimum Gasteiger partial charge on any atom is -0.481 e. The van der Waals surface area contributed by atoms with Gasteiger partial charge in [0.1, 0.15) is 0 Å². The van der Waals surface area contributed by atoms with Gasteiger partial charge in [0.2, 0.25) is 0 Å². The maximum atomic E-state index is 11.8. The van der Waals surface area contributed by atoms with Gasteiger partial charge < -0.3 is 10.0 Å². The minimum atomic E-state index is -3.29. The number of rotatable bonds is 3. The summed E-state index contributed by atoms with van der Waals surface area (Å²) in [6.45, 7) is 2.85. The summed E-state index contributed by atoms with van der Waals surface area (Å²) in [6, 6.07) is 6.87. The van der Waals surface area contributed by atoms with Crippen molar-refractivity contribution < 1.29 is 18.3 Å². The van der Waals surface area contributed by atoms with E-state index < -0.39 is 21.2 Å². The molecule has 2 rings (SSSR count). The molecule has 0 radical (unpaired) electrons. The van der Waals surface area contributed by atoms with Crippen molar-refractivity contribution in [3.8, 4) is 0 Å². The maximum Gasteiger partial charge on any atom is 0.309 e. The van der Waals surface area contributed by atoms with E-state index in [1.165, 1.54) is 6.26 Å². The summed E-state index contributed by atoms with van der Waals surface area (Å²) in [5.74, 6) is -0.784. The fraction of sp³-hybridized carbons (Fsp3) is 0.500. The summed E-state index contributed by atoms with van der Waals surface area (Å²) >= 11 is 0. The summed E-state index contributed by atoms with van der Waals surface area (Å²) in [5, 5.41) is 9.22. The van der Waals surface area contributed by atoms with Gasteiger partial charge in [0.25, 0.3) is 0 Å². The van der Waals surface area contributed by atoms with Crippen LogP contribution in [0.4, 0.5) is 5.69 Å². The van der Waals surface area contributed by atoms with Crippen molar-refractivity contribution in [2.24, 2.45) is 5.41 Å². The first-order chi connectivity index (χ1) is 9.24. The second-order valence-corrected chi connectivity index (χ2v) is 7.58. The maximum absolute atomic E-state index is 11.8. The quantitative estimate of drug-likeness (QED) is 0.920. The van der Waals surface area contributed by atoms with Gasteiger partial charge in [-0.2, -0.15) is 0 Å². The molecular formula is C14H19NO4S. The predicted molar refractivity (Wildman–Crippen MR) is 76.7 cm³/mol. The molecule has 0 spiro atoms. The first-order valence-corrected chi connectivity index (χ1v) is 8.41. The number of hydrogen-bond donors (Lipinski definition) is 1. The highest BCUT2D eigenvalue weighted by Gasteiger charge is 2.37. The Morgan fingerprint density at radius 3 is 2.30 bits per heavy atom. The van der Waals surface area contributed by atoms with E-state index in [9.17, 15) is 18.3 Å². The molecule has 1 aromatic rings. The number of hydrogen-bond acceptors (Lipinski definition) is 4. The third-order valence-electron chi connectivity index (χ3n) is 3.99. The second kappa shape index (κ2) is 5.09. The van der Waals surface area contributed by atoms with Crippen LogP contribution in [-0.4, -0.2) is 38.8 Å². The lowest BCUT2D eigenvalue weighted by Gasteiger charge is -2.38. The van der Waals surface area contributed by atoms with Crippen LogP contribution < -0.4 is 4.90 Å². The van der Waals surface area contributed by atoms with Crippen molar-refractivity contribution in [2.75, 3.05) is 24.2 Å². The standard InChI is InChI=1S/C14H19NO4S/c1-14(13(16)17)7-9-15(10-8-14)11-5-3-4-6-12(11)20(2,18)19/h3-6H,7-10H2,1-2H3,(H,16,17). The monoisotopic (exact) mass is 297 g/mol. The third-order valence-corrected chi connectivity index (χ3v) is 5.13. The molecule has 110 valence electrons. The van der Waals surface area contributed by atoms with Gasteiger partial charge >= 0.3 is 5.97 Å². The number of nitrogens with zero attached hydrogens (tertiary/aromatic N) is 1. The van der Waals surface area contributed by atoms with Gasteiger partial charge in [-0.25, -0.2) is 8.42 Å². The van der Waals surface area contributed by atoms with E-state index >= 15 is 0 Å². The highest BCUT2D eigenvalue weighted by atomic mass is 32.2. The van der Waals surface area contributed by atoms with Crippen LogP contribution in [0.1, 0.15) is 19.8 Å². The van der Waals surface area contributed by atoms with Gasteiger partial charge in [0, 0.05) is 19.3 Å². The number of carboxylic acid groups (broad SMARTS) is 1. The summed E-state index contributed by atoms with van der Waals surface area (Å²) < 4.78 is 23.6. The number of piperidine rings is 1. The fourth-order valence-corrected chi connectivity index (χ4v) is 3.39. The first kappa shape index (κ1) is 14.8. The zero-order chi connectivity index (χ0) is 15.0. The van der Waals surface area contributed by atoms with Gasteiger partial charge in [-0.3, -0.25) is 4.79 Å². The summed E-state index contributed by atoms with van der Waals surface area (Å²) in [7, 11) is -3.29. The molecule has 1 saturated heterocycles. The number of benzene rings is 1. The number of para-hydroxylation sites is 1. The molecular weight excluding hydrogens is 278 g/mol. The number of carbonyl (C=O) groups is 1. The predicted octanol–water partition coefficient (Wildman–Crippen LogP) is 1.78. The molecule has 0 amide bonds. The molecule has 20 heavy (non-hydrogen) atoms. The molecule has 0 atom stereocenters. The van der Waals surface area contributed by atoms with Crippen molar-refractivity contribution in [3.05, 3.63) is 24.3 Å². The molecule has 1 heterocycles. The number of sulfone groups is 1. The molecule has 0 bridgehead atoms. The molecule has 0 unspecified atom stereocenters. The number of aliphatic carboxylic acids is 1. The Bertz CT molecular complexity index is 616. The van der Waals surface area contributed by atoms with Crippen LogP contribution in [0.5, 0.6) is 0 Å². The van der Waals surface area contributed by atoms with Gasteiger partial charge in [0.05, 0.1) is 16.0 Å². The van der Waals surface area contributed by atoms with E-state index in [1.54, 1.807) is 31.2 Å². The summed E-state index contributed by atoms with van der Waals surface area (Å²) in [5.41, 5.74) is -0.0428. The molecule has 6 heteroatoms. The van der Waals surface area contributed by atoms with E-state index in [0.717, 1.165) is 0 Å². The van der Waals surface area contributed by atoms with Crippen LogP contribution in [0.2, 0.25) is 0 Å². The minimum absolute atomic E-state index is 0.305. The molecule has 1 N–H and O–H groups in total. The van der Waals surface area contributed by atoms with Crippen LogP contribution in [0.15, 0.2) is 29.2 Å². The summed E-state index contributed by atoms with van der Waals surface area (Å²) in [6.07, 6.45) is 2.22. The van der Waals surface area contributed by atoms with Crippen LogP contribution >= 0.6 is 0 Å². The van der Waals surface area contributed by atoms with E-state index in [0.29, 0.717) is 36.5 Å². The normalized spacial score (nSPS) is 18.8. The van der Waals surface area contributed by atoms with E-state index in [4.69, 9.17) is 0 Å². The van der Waals surface area contributed by atoms with Gasteiger partial charge in [-0.1, -0.05) is 12.1 Å². The lowest BCUT2D eigenvalue weighted by molar-refractivity contribution is -0.149. The van der Waals surface area contributed by atoms with Crippen LogP contribution in [-0.2, 0) is 14.6 Å². The van der Waals surface area contributed by atoms with Crippen molar-refractivity contribution in [1.82, 2.24) is 0 Å². The zero-order valence-electron chi connectivity index (χ0n) is 11.7. The molecule has 1 aliphatic heterocycles. The van der Waals surface area contributed by atoms with Crippen molar-refractivity contribution in [1.29, 1.82) is 0 Å². The van der Waals surface area contributed by atoms with Crippen LogP contribution in [0, 0.1) is 5.41 Å². The topological polar surface area (TPSA) is 74.7 Å². The van der Waals surface area contributed by atoms with E-state index in [1.807, 2.05) is 4.90 Å². The average Bonchev–Trinajstić information content (AvgIpc) is 2.38. The Morgan fingerprint density at radius 1 is 1.25 bits per heavy atom. The first-order valence-electron chi connectivity index (χ1n) is 6.51. The average molecular weight is 297 g/mol. The fourth-order valence-electron chi connectivity index (χ4n) is 2.49. The lowest BCUT2D eigenvalue weighted by atomic mass is 9.80. The van der Waals surface area contributed by atoms with Crippen molar-refractivity contribution in [3.63, 3.8) is 0 Å². The van der Waals surface area contributed by atoms with E-state index in [2.05, 4.69) is 0 Å². The van der Waals surface area contributed by atoms with Crippen molar-refractivity contribution >= 4 is 21.5 Å². The zero-order valence-corrected chi connectivity index (χ0v) is 12.5. The summed E-state index contributed by atoms with van der Waals surface area (Å²) in [4.78, 5) is 13.5. The third kappa shape index (κ3) is 2.80. The smallest absolute Gasteiger partial charge is 0.309 e. The number of anilines is 1. The van der Waals surface area contributed by atoms with Crippen LogP contribution in [0.25, 0.3) is 0 Å². The Morgan fingerprint density at radius 2 is 1.80 bits per heavy atom. The second-order valence-electron chi connectivity index (χ2n) is 5.59. The highest BCUT2D eigenvalue weighted by molar-refractivity contribution is 7.90. The van der Waals surface area contributed by atoms with Gasteiger partial charge in [-0.05, 0) is 31.9 Å². The Kier molecular flexibility index (Phi) is 3.77.